The van der Waals surface area contributed by atoms with Gasteiger partial charge in [-0.3, -0.25) is 9.48 Å². The SMILES string of the molecule is C[C@@H](Cn1cc(C2CCCCC2)nn1)NC(=O)c1cnco1. The molecule has 0 aliphatic heterocycles. The lowest BCUT2D eigenvalue weighted by molar-refractivity contribution is 0.0908. The molecule has 0 radical (unpaired) electrons. The van der Waals surface area contributed by atoms with Gasteiger partial charge in [0.1, 0.15) is 0 Å². The number of aromatic nitrogens is 4. The van der Waals surface area contributed by atoms with Crippen molar-refractivity contribution in [2.24, 2.45) is 0 Å². The summed E-state index contributed by atoms with van der Waals surface area (Å²) in [6.45, 7) is 2.51. The first-order valence-corrected chi connectivity index (χ1v) is 7.82. The zero-order valence-corrected chi connectivity index (χ0v) is 12.7. The summed E-state index contributed by atoms with van der Waals surface area (Å²) in [5.41, 5.74) is 1.08. The van der Waals surface area contributed by atoms with E-state index in [-0.39, 0.29) is 17.7 Å². The molecule has 0 unspecified atom stereocenters. The third-order valence-electron chi connectivity index (χ3n) is 4.07. The summed E-state index contributed by atoms with van der Waals surface area (Å²) in [6.07, 6.45) is 10.9. The van der Waals surface area contributed by atoms with Gasteiger partial charge in [-0.15, -0.1) is 5.10 Å². The summed E-state index contributed by atoms with van der Waals surface area (Å²) in [6, 6.07) is -0.0708. The number of nitrogens with one attached hydrogen (secondary N) is 1. The first-order chi connectivity index (χ1) is 10.7. The quantitative estimate of drug-likeness (QED) is 0.914. The predicted molar refractivity (Wildman–Crippen MR) is 79.3 cm³/mol. The summed E-state index contributed by atoms with van der Waals surface area (Å²) >= 11 is 0. The van der Waals surface area contributed by atoms with Crippen LogP contribution in [0, 0.1) is 0 Å². The molecule has 2 heterocycles. The first kappa shape index (κ1) is 14.7. The Balaban J connectivity index is 1.54. The molecule has 7 heteroatoms. The standard InChI is InChI=1S/C15H21N5O2/c1-11(17-15(21)14-7-16-10-22-14)8-20-9-13(18-19-20)12-5-3-2-4-6-12/h7,9-12H,2-6,8H2,1H3,(H,17,21)/t11-/m0/s1. The molecule has 118 valence electrons. The van der Waals surface area contributed by atoms with E-state index in [1.807, 2.05) is 13.1 Å². The highest BCUT2D eigenvalue weighted by atomic mass is 16.3. The molecule has 0 bridgehead atoms. The molecular formula is C15H21N5O2. The van der Waals surface area contributed by atoms with Crippen molar-refractivity contribution in [3.63, 3.8) is 0 Å². The molecule has 7 nitrogen and oxygen atoms in total. The molecule has 0 aromatic carbocycles. The molecule has 1 saturated carbocycles. The van der Waals surface area contributed by atoms with Crippen molar-refractivity contribution in [3.8, 4) is 0 Å². The third kappa shape index (κ3) is 3.52. The van der Waals surface area contributed by atoms with Crippen LogP contribution in [0.1, 0.15) is 61.2 Å². The van der Waals surface area contributed by atoms with Gasteiger partial charge in [-0.25, -0.2) is 4.98 Å². The van der Waals surface area contributed by atoms with Crippen LogP contribution in [0.5, 0.6) is 0 Å². The van der Waals surface area contributed by atoms with Gasteiger partial charge in [-0.1, -0.05) is 24.5 Å². The molecule has 1 aliphatic rings. The van der Waals surface area contributed by atoms with Crippen LogP contribution < -0.4 is 5.32 Å². The molecule has 1 aliphatic carbocycles. The second-order valence-electron chi connectivity index (χ2n) is 5.94. The molecule has 1 N–H and O–H groups in total. The van der Waals surface area contributed by atoms with E-state index in [1.165, 1.54) is 44.7 Å². The summed E-state index contributed by atoms with van der Waals surface area (Å²) < 4.78 is 6.77. The largest absolute Gasteiger partial charge is 0.438 e. The van der Waals surface area contributed by atoms with Crippen LogP contribution in [-0.4, -0.2) is 31.9 Å². The topological polar surface area (TPSA) is 85.8 Å². The van der Waals surface area contributed by atoms with Crippen molar-refractivity contribution < 1.29 is 9.21 Å². The highest BCUT2D eigenvalue weighted by Gasteiger charge is 2.19. The monoisotopic (exact) mass is 303 g/mol. The summed E-state index contributed by atoms with van der Waals surface area (Å²) in [5.74, 6) is 0.493. The third-order valence-corrected chi connectivity index (χ3v) is 4.07. The van der Waals surface area contributed by atoms with Gasteiger partial charge in [0.2, 0.25) is 5.76 Å². The van der Waals surface area contributed by atoms with Gasteiger partial charge in [0.25, 0.3) is 5.91 Å². The molecule has 1 fully saturated rings. The Morgan fingerprint density at radius 3 is 3.00 bits per heavy atom. The van der Waals surface area contributed by atoms with Crippen molar-refractivity contribution in [1.29, 1.82) is 0 Å². The van der Waals surface area contributed by atoms with Crippen LogP contribution in [-0.2, 0) is 6.54 Å². The Hall–Kier alpha value is -2.18. The minimum Gasteiger partial charge on any atom is -0.438 e. The molecule has 0 spiro atoms. The molecule has 22 heavy (non-hydrogen) atoms. The van der Waals surface area contributed by atoms with Crippen molar-refractivity contribution in [1.82, 2.24) is 25.3 Å². The fraction of sp³-hybridized carbons (Fsp3) is 0.600. The van der Waals surface area contributed by atoms with Crippen molar-refractivity contribution in [3.05, 3.63) is 30.2 Å². The van der Waals surface area contributed by atoms with Crippen LogP contribution in [0.2, 0.25) is 0 Å². The van der Waals surface area contributed by atoms with Crippen LogP contribution in [0.4, 0.5) is 0 Å². The number of carbonyl (C=O) groups excluding carboxylic acids is 1. The maximum atomic E-state index is 11.9. The highest BCUT2D eigenvalue weighted by Crippen LogP contribution is 2.31. The number of carbonyl (C=O) groups is 1. The molecular weight excluding hydrogens is 282 g/mol. The lowest BCUT2D eigenvalue weighted by Crippen LogP contribution is -2.35. The Labute approximate surface area is 129 Å². The van der Waals surface area contributed by atoms with E-state index < -0.39 is 0 Å². The summed E-state index contributed by atoms with van der Waals surface area (Å²) in [5, 5.41) is 11.3. The van der Waals surface area contributed by atoms with Crippen LogP contribution in [0.3, 0.4) is 0 Å². The van der Waals surface area contributed by atoms with Gasteiger partial charge < -0.3 is 9.73 Å². The van der Waals surface area contributed by atoms with Gasteiger partial charge in [0.15, 0.2) is 6.39 Å². The van der Waals surface area contributed by atoms with E-state index >= 15 is 0 Å². The summed E-state index contributed by atoms with van der Waals surface area (Å²) in [7, 11) is 0. The highest BCUT2D eigenvalue weighted by molar-refractivity contribution is 5.91. The minimum absolute atomic E-state index is 0.0708. The van der Waals surface area contributed by atoms with Crippen molar-refractivity contribution in [2.45, 2.75) is 57.5 Å². The first-order valence-electron chi connectivity index (χ1n) is 7.82. The van der Waals surface area contributed by atoms with Gasteiger partial charge in [-0.05, 0) is 19.8 Å². The number of hydrogen-bond donors (Lipinski definition) is 1. The lowest BCUT2D eigenvalue weighted by atomic mass is 9.87. The number of hydrogen-bond acceptors (Lipinski definition) is 5. The van der Waals surface area contributed by atoms with Gasteiger partial charge in [0, 0.05) is 18.2 Å². The second-order valence-corrected chi connectivity index (χ2v) is 5.94. The zero-order chi connectivity index (χ0) is 15.4. The molecule has 2 aromatic rings. The molecule has 1 atom stereocenters. The van der Waals surface area contributed by atoms with E-state index in [1.54, 1.807) is 4.68 Å². The molecule has 2 aromatic heterocycles. The molecule has 3 rings (SSSR count). The predicted octanol–water partition coefficient (Wildman–Crippen LogP) is 2.13. The van der Waals surface area contributed by atoms with Crippen molar-refractivity contribution in [2.75, 3.05) is 0 Å². The lowest BCUT2D eigenvalue weighted by Gasteiger charge is -2.18. The average Bonchev–Trinajstić information content (AvgIpc) is 3.19. The Morgan fingerprint density at radius 1 is 1.45 bits per heavy atom. The normalized spacial score (nSPS) is 17.3. The Morgan fingerprint density at radius 2 is 2.27 bits per heavy atom. The van der Waals surface area contributed by atoms with Gasteiger partial charge in [0.05, 0.1) is 18.4 Å². The maximum Gasteiger partial charge on any atom is 0.288 e. The smallest absolute Gasteiger partial charge is 0.288 e. The average molecular weight is 303 g/mol. The molecule has 0 saturated heterocycles. The summed E-state index contributed by atoms with van der Waals surface area (Å²) in [4.78, 5) is 15.6. The van der Waals surface area contributed by atoms with E-state index in [0.29, 0.717) is 12.5 Å². The fourth-order valence-electron chi connectivity index (χ4n) is 2.94. The number of nitrogens with zero attached hydrogens (tertiary/aromatic N) is 4. The minimum atomic E-state index is -0.266. The number of amides is 1. The van der Waals surface area contributed by atoms with Crippen LogP contribution >= 0.6 is 0 Å². The van der Waals surface area contributed by atoms with E-state index in [0.717, 1.165) is 5.69 Å². The second kappa shape index (κ2) is 6.72. The van der Waals surface area contributed by atoms with Crippen LogP contribution in [0.15, 0.2) is 23.2 Å². The van der Waals surface area contributed by atoms with E-state index in [9.17, 15) is 4.79 Å². The van der Waals surface area contributed by atoms with Gasteiger partial charge >= 0.3 is 0 Å². The number of rotatable bonds is 5. The van der Waals surface area contributed by atoms with E-state index in [2.05, 4.69) is 20.6 Å². The van der Waals surface area contributed by atoms with Crippen molar-refractivity contribution >= 4 is 5.91 Å². The van der Waals surface area contributed by atoms with Gasteiger partial charge in [-0.2, -0.15) is 0 Å². The Bertz CT molecular complexity index is 601. The van der Waals surface area contributed by atoms with Crippen LogP contribution in [0.25, 0.3) is 0 Å². The zero-order valence-electron chi connectivity index (χ0n) is 12.7. The number of oxazole rings is 1. The Kier molecular flexibility index (Phi) is 4.50. The van der Waals surface area contributed by atoms with E-state index in [4.69, 9.17) is 4.42 Å². The maximum absolute atomic E-state index is 11.9. The fourth-order valence-corrected chi connectivity index (χ4v) is 2.94. The molecule has 1 amide bonds.